The van der Waals surface area contributed by atoms with Crippen LogP contribution in [-0.2, 0) is 13.0 Å². The third-order valence-corrected chi connectivity index (χ3v) is 6.54. The van der Waals surface area contributed by atoms with E-state index >= 15 is 0 Å². The quantitative estimate of drug-likeness (QED) is 0.167. The third-order valence-electron chi connectivity index (χ3n) is 6.54. The summed E-state index contributed by atoms with van der Waals surface area (Å²) in [5.74, 6) is 1.48. The van der Waals surface area contributed by atoms with Crippen LogP contribution in [0.15, 0.2) is 42.7 Å². The minimum absolute atomic E-state index is 0.527. The van der Waals surface area contributed by atoms with Crippen LogP contribution in [0.25, 0.3) is 0 Å². The molecule has 0 aliphatic carbocycles. The van der Waals surface area contributed by atoms with Crippen molar-refractivity contribution in [2.45, 2.75) is 130 Å². The van der Waals surface area contributed by atoms with E-state index in [1.807, 2.05) is 0 Å². The molecule has 2 nitrogen and oxygen atoms in total. The minimum atomic E-state index is 0.527. The molecular formula is C29H49N2+. The normalized spacial score (nSPS) is 11.5. The van der Waals surface area contributed by atoms with Crippen molar-refractivity contribution < 1.29 is 4.57 Å². The maximum Gasteiger partial charge on any atom is 0.256 e. The summed E-state index contributed by atoms with van der Waals surface area (Å²) >= 11 is 0. The molecule has 31 heavy (non-hydrogen) atoms. The van der Waals surface area contributed by atoms with Gasteiger partial charge in [-0.05, 0) is 25.8 Å². The molecule has 174 valence electrons. The topological polar surface area (TPSA) is 8.81 Å². The predicted molar refractivity (Wildman–Crippen MR) is 135 cm³/mol. The van der Waals surface area contributed by atoms with Crippen LogP contribution in [0.1, 0.15) is 128 Å². The van der Waals surface area contributed by atoms with E-state index in [9.17, 15) is 0 Å². The van der Waals surface area contributed by atoms with E-state index in [0.29, 0.717) is 6.04 Å². The second kappa shape index (κ2) is 16.1. The van der Waals surface area contributed by atoms with E-state index in [-0.39, 0.29) is 0 Å². The number of imidazole rings is 1. The van der Waals surface area contributed by atoms with Crippen LogP contribution in [-0.4, -0.2) is 4.57 Å². The highest BCUT2D eigenvalue weighted by molar-refractivity contribution is 5.13. The smallest absolute Gasteiger partial charge is 0.232 e. The zero-order valence-electron chi connectivity index (χ0n) is 20.8. The first-order chi connectivity index (χ1) is 15.2. The SMILES string of the molecule is CCCCCCCCCCCCCCCCc1n(C(C)C)cc[n+]1Cc1ccccc1. The Hall–Kier alpha value is -1.57. The van der Waals surface area contributed by atoms with Gasteiger partial charge in [0.25, 0.3) is 5.82 Å². The van der Waals surface area contributed by atoms with Crippen LogP contribution in [0.3, 0.4) is 0 Å². The van der Waals surface area contributed by atoms with Crippen LogP contribution in [0, 0.1) is 0 Å². The fourth-order valence-electron chi connectivity index (χ4n) is 4.62. The van der Waals surface area contributed by atoms with Gasteiger partial charge in [-0.15, -0.1) is 0 Å². The summed E-state index contributed by atoms with van der Waals surface area (Å²) in [5, 5.41) is 0. The zero-order valence-corrected chi connectivity index (χ0v) is 20.8. The first kappa shape index (κ1) is 25.7. The molecule has 0 aliphatic heterocycles. The van der Waals surface area contributed by atoms with Crippen molar-refractivity contribution in [2.75, 3.05) is 0 Å². The molecule has 0 amide bonds. The van der Waals surface area contributed by atoms with Gasteiger partial charge in [0.15, 0.2) is 0 Å². The van der Waals surface area contributed by atoms with Crippen molar-refractivity contribution in [1.29, 1.82) is 0 Å². The fourth-order valence-corrected chi connectivity index (χ4v) is 4.62. The number of unbranched alkanes of at least 4 members (excludes halogenated alkanes) is 13. The third kappa shape index (κ3) is 10.5. The van der Waals surface area contributed by atoms with Gasteiger partial charge in [0.1, 0.15) is 18.9 Å². The molecule has 1 aromatic carbocycles. The molecule has 0 fully saturated rings. The second-order valence-corrected chi connectivity index (χ2v) is 9.68. The van der Waals surface area contributed by atoms with Crippen molar-refractivity contribution in [1.82, 2.24) is 4.57 Å². The lowest BCUT2D eigenvalue weighted by molar-refractivity contribution is -0.695. The Bertz CT molecular complexity index is 671. The average Bonchev–Trinajstić information content (AvgIpc) is 3.17. The summed E-state index contributed by atoms with van der Waals surface area (Å²) in [6.45, 7) is 7.86. The van der Waals surface area contributed by atoms with Gasteiger partial charge in [-0.1, -0.05) is 121 Å². The van der Waals surface area contributed by atoms with E-state index in [4.69, 9.17) is 0 Å². The van der Waals surface area contributed by atoms with Crippen molar-refractivity contribution in [2.24, 2.45) is 0 Å². The Morgan fingerprint density at radius 1 is 0.710 bits per heavy atom. The minimum Gasteiger partial charge on any atom is -0.232 e. The predicted octanol–water partition coefficient (Wildman–Crippen LogP) is 8.43. The molecule has 0 saturated heterocycles. The van der Waals surface area contributed by atoms with E-state index < -0.39 is 0 Å². The lowest BCUT2D eigenvalue weighted by Gasteiger charge is -2.08. The van der Waals surface area contributed by atoms with Crippen molar-refractivity contribution in [3.63, 3.8) is 0 Å². The summed E-state index contributed by atoms with van der Waals surface area (Å²) in [5.41, 5.74) is 1.39. The molecule has 0 bridgehead atoms. The molecule has 0 aliphatic rings. The Balaban J connectivity index is 1.58. The van der Waals surface area contributed by atoms with Gasteiger partial charge in [-0.25, -0.2) is 9.13 Å². The zero-order chi connectivity index (χ0) is 22.2. The van der Waals surface area contributed by atoms with Gasteiger partial charge < -0.3 is 0 Å². The Morgan fingerprint density at radius 3 is 1.74 bits per heavy atom. The molecule has 2 heteroatoms. The largest absolute Gasteiger partial charge is 0.256 e. The molecule has 0 unspecified atom stereocenters. The lowest BCUT2D eigenvalue weighted by atomic mass is 10.0. The highest BCUT2D eigenvalue weighted by Crippen LogP contribution is 2.15. The number of rotatable bonds is 18. The maximum absolute atomic E-state index is 2.46. The lowest BCUT2D eigenvalue weighted by Crippen LogP contribution is -2.38. The molecular weight excluding hydrogens is 376 g/mol. The van der Waals surface area contributed by atoms with Gasteiger partial charge in [-0.3, -0.25) is 0 Å². The number of hydrogen-bond donors (Lipinski definition) is 0. The van der Waals surface area contributed by atoms with Gasteiger partial charge in [0.05, 0.1) is 6.04 Å². The van der Waals surface area contributed by atoms with Gasteiger partial charge in [-0.2, -0.15) is 0 Å². The van der Waals surface area contributed by atoms with Gasteiger partial charge >= 0.3 is 0 Å². The molecule has 0 saturated carbocycles. The van der Waals surface area contributed by atoms with Crippen molar-refractivity contribution in [3.8, 4) is 0 Å². The summed E-state index contributed by atoms with van der Waals surface area (Å²) in [6, 6.07) is 11.4. The summed E-state index contributed by atoms with van der Waals surface area (Å²) in [7, 11) is 0. The molecule has 1 aromatic heterocycles. The average molecular weight is 426 g/mol. The first-order valence-electron chi connectivity index (χ1n) is 13.4. The standard InChI is InChI=1S/C29H49N2/c1-4-5-6-7-8-9-10-11-12-13-14-15-16-20-23-29-30(24-25-31(29)27(2)3)26-28-21-18-17-19-22-28/h17-19,21-22,24-25,27H,4-16,20,23,26H2,1-3H3/q+1. The number of aromatic nitrogens is 2. The van der Waals surface area contributed by atoms with Crippen LogP contribution in [0.5, 0.6) is 0 Å². The van der Waals surface area contributed by atoms with E-state index in [1.54, 1.807) is 0 Å². The number of nitrogens with zero attached hydrogens (tertiary/aromatic N) is 2. The summed E-state index contributed by atoms with van der Waals surface area (Å²) in [4.78, 5) is 0. The fraction of sp³-hybridized carbons (Fsp3) is 0.690. The molecule has 1 heterocycles. The van der Waals surface area contributed by atoms with Crippen LogP contribution in [0.2, 0.25) is 0 Å². The van der Waals surface area contributed by atoms with Gasteiger partial charge in [0, 0.05) is 6.42 Å². The molecule has 2 rings (SSSR count). The highest BCUT2D eigenvalue weighted by atomic mass is 15.2. The first-order valence-corrected chi connectivity index (χ1v) is 13.4. The van der Waals surface area contributed by atoms with E-state index in [1.165, 1.54) is 108 Å². The summed E-state index contributed by atoms with van der Waals surface area (Å²) in [6.07, 6.45) is 25.6. The molecule has 0 spiro atoms. The molecule has 2 aromatic rings. The number of hydrogen-bond acceptors (Lipinski definition) is 0. The van der Waals surface area contributed by atoms with Crippen molar-refractivity contribution in [3.05, 3.63) is 54.1 Å². The summed E-state index contributed by atoms with van der Waals surface area (Å²) < 4.78 is 4.92. The van der Waals surface area contributed by atoms with Gasteiger partial charge in [0.2, 0.25) is 0 Å². The molecule has 0 radical (unpaired) electrons. The Morgan fingerprint density at radius 2 is 1.23 bits per heavy atom. The van der Waals surface area contributed by atoms with Crippen LogP contribution in [0.4, 0.5) is 0 Å². The van der Waals surface area contributed by atoms with Crippen LogP contribution < -0.4 is 4.57 Å². The monoisotopic (exact) mass is 425 g/mol. The molecule has 0 N–H and O–H groups in total. The maximum atomic E-state index is 2.46. The Kier molecular flexibility index (Phi) is 13.4. The van der Waals surface area contributed by atoms with Crippen LogP contribution >= 0.6 is 0 Å². The van der Waals surface area contributed by atoms with E-state index in [0.717, 1.165) is 6.54 Å². The number of benzene rings is 1. The molecule has 0 atom stereocenters. The van der Waals surface area contributed by atoms with E-state index in [2.05, 4.69) is 72.6 Å². The highest BCUT2D eigenvalue weighted by Gasteiger charge is 2.19. The van der Waals surface area contributed by atoms with Crippen molar-refractivity contribution >= 4 is 0 Å². The Labute approximate surface area is 193 Å². The second-order valence-electron chi connectivity index (χ2n) is 9.68.